The number of hydrazine groups is 1. The summed E-state index contributed by atoms with van der Waals surface area (Å²) in [5, 5.41) is 4.35. The number of thiophene rings is 1. The second-order valence-electron chi connectivity index (χ2n) is 6.29. The Kier molecular flexibility index (Phi) is 7.51. The Morgan fingerprint density at radius 3 is 2.33 bits per heavy atom. The summed E-state index contributed by atoms with van der Waals surface area (Å²) in [5.74, 6) is -1.68. The molecular formula is C21H16F3N3O5S. The normalized spacial score (nSPS) is 10.8. The summed E-state index contributed by atoms with van der Waals surface area (Å²) < 4.78 is 46.1. The standard InChI is InChI=1S/C21H16F3N3O5S/c22-21(23,24)32-16-9-4-1-6-13(16)12-31-20(30)27-26-18(28)14-7-2-3-8-15(14)25-19(29)17-10-5-11-33-17/h1-11H,12H2,(H,25,29)(H,26,28)(H,27,30). The van der Waals surface area contributed by atoms with E-state index in [9.17, 15) is 27.6 Å². The number of hydrogen-bond donors (Lipinski definition) is 3. The first-order valence-corrected chi connectivity index (χ1v) is 10.1. The van der Waals surface area contributed by atoms with Gasteiger partial charge in [0.1, 0.15) is 12.4 Å². The molecule has 0 atom stereocenters. The van der Waals surface area contributed by atoms with Crippen LogP contribution in [0.5, 0.6) is 5.75 Å². The van der Waals surface area contributed by atoms with Crippen LogP contribution in [0.2, 0.25) is 0 Å². The van der Waals surface area contributed by atoms with Crippen LogP contribution in [-0.4, -0.2) is 24.3 Å². The summed E-state index contributed by atoms with van der Waals surface area (Å²) in [5.41, 5.74) is 4.35. The first-order valence-electron chi connectivity index (χ1n) is 9.23. The third kappa shape index (κ3) is 6.97. The highest BCUT2D eigenvalue weighted by atomic mass is 32.1. The SMILES string of the molecule is O=C(NNC(=O)c1ccccc1NC(=O)c1cccs1)OCc1ccccc1OC(F)(F)F. The zero-order chi connectivity index (χ0) is 23.8. The molecule has 8 nitrogen and oxygen atoms in total. The molecule has 172 valence electrons. The predicted molar refractivity (Wildman–Crippen MR) is 113 cm³/mol. The smallest absolute Gasteiger partial charge is 0.443 e. The fourth-order valence-electron chi connectivity index (χ4n) is 2.58. The minimum atomic E-state index is -4.90. The van der Waals surface area contributed by atoms with Crippen LogP contribution in [0.1, 0.15) is 25.6 Å². The maximum Gasteiger partial charge on any atom is 0.573 e. The molecule has 33 heavy (non-hydrogen) atoms. The minimum absolute atomic E-state index is 0.0297. The molecule has 2 aromatic carbocycles. The van der Waals surface area contributed by atoms with Crippen molar-refractivity contribution in [3.63, 3.8) is 0 Å². The largest absolute Gasteiger partial charge is 0.573 e. The van der Waals surface area contributed by atoms with Gasteiger partial charge in [0.05, 0.1) is 16.1 Å². The lowest BCUT2D eigenvalue weighted by Crippen LogP contribution is -2.42. The lowest BCUT2D eigenvalue weighted by atomic mass is 10.1. The van der Waals surface area contributed by atoms with Gasteiger partial charge in [-0.25, -0.2) is 10.2 Å². The van der Waals surface area contributed by atoms with E-state index in [1.54, 1.807) is 29.6 Å². The van der Waals surface area contributed by atoms with Crippen molar-refractivity contribution in [3.05, 3.63) is 82.0 Å². The van der Waals surface area contributed by atoms with Crippen molar-refractivity contribution in [1.82, 2.24) is 10.9 Å². The molecule has 0 radical (unpaired) electrons. The monoisotopic (exact) mass is 479 g/mol. The van der Waals surface area contributed by atoms with E-state index < -0.39 is 36.6 Å². The Labute approximate surface area is 189 Å². The van der Waals surface area contributed by atoms with Crippen LogP contribution in [-0.2, 0) is 11.3 Å². The van der Waals surface area contributed by atoms with Crippen LogP contribution in [0, 0.1) is 0 Å². The van der Waals surface area contributed by atoms with Crippen LogP contribution in [0.15, 0.2) is 66.0 Å². The highest BCUT2D eigenvalue weighted by molar-refractivity contribution is 7.12. The fraction of sp³-hybridized carbons (Fsp3) is 0.0952. The molecule has 0 saturated heterocycles. The lowest BCUT2D eigenvalue weighted by Gasteiger charge is -2.14. The topological polar surface area (TPSA) is 106 Å². The number of carbonyl (C=O) groups is 3. The van der Waals surface area contributed by atoms with Gasteiger partial charge in [-0.05, 0) is 29.6 Å². The zero-order valence-corrected chi connectivity index (χ0v) is 17.5. The Balaban J connectivity index is 1.55. The van der Waals surface area contributed by atoms with E-state index in [1.165, 1.54) is 41.7 Å². The molecule has 0 unspecified atom stereocenters. The lowest BCUT2D eigenvalue weighted by molar-refractivity contribution is -0.275. The molecule has 1 heterocycles. The zero-order valence-electron chi connectivity index (χ0n) is 16.6. The number of hydrogen-bond acceptors (Lipinski definition) is 6. The van der Waals surface area contributed by atoms with Gasteiger partial charge in [-0.3, -0.25) is 15.0 Å². The number of amides is 3. The van der Waals surface area contributed by atoms with Crippen LogP contribution in [0.3, 0.4) is 0 Å². The summed E-state index contributed by atoms with van der Waals surface area (Å²) in [6.45, 7) is -0.540. The van der Waals surface area contributed by atoms with E-state index in [2.05, 4.69) is 15.5 Å². The van der Waals surface area contributed by atoms with Gasteiger partial charge in [-0.15, -0.1) is 24.5 Å². The molecule has 0 saturated carbocycles. The first kappa shape index (κ1) is 23.6. The third-order valence-corrected chi connectivity index (χ3v) is 4.87. The molecular weight excluding hydrogens is 463 g/mol. The van der Waals surface area contributed by atoms with E-state index in [4.69, 9.17) is 4.74 Å². The summed E-state index contributed by atoms with van der Waals surface area (Å²) in [4.78, 5) is 37.0. The number of benzene rings is 2. The second kappa shape index (κ2) is 10.5. The van der Waals surface area contributed by atoms with Crippen molar-refractivity contribution in [3.8, 4) is 5.75 Å². The first-order chi connectivity index (χ1) is 15.7. The Bertz CT molecular complexity index is 1140. The fourth-order valence-corrected chi connectivity index (χ4v) is 3.20. The number of anilines is 1. The molecule has 1 aromatic heterocycles. The van der Waals surface area contributed by atoms with Crippen molar-refractivity contribution in [2.75, 3.05) is 5.32 Å². The molecule has 0 aliphatic heterocycles. The van der Waals surface area contributed by atoms with Crippen LogP contribution < -0.4 is 20.9 Å². The van der Waals surface area contributed by atoms with E-state index in [1.807, 2.05) is 5.43 Å². The van der Waals surface area contributed by atoms with Gasteiger partial charge in [0.2, 0.25) is 0 Å². The molecule has 0 aliphatic rings. The summed E-state index contributed by atoms with van der Waals surface area (Å²) in [6, 6.07) is 14.6. The number of alkyl halides is 3. The molecule has 0 aliphatic carbocycles. The number of nitrogens with one attached hydrogen (secondary N) is 3. The van der Waals surface area contributed by atoms with Gasteiger partial charge in [-0.1, -0.05) is 36.4 Å². The number of carbonyl (C=O) groups excluding carboxylic acids is 3. The molecule has 3 aromatic rings. The Morgan fingerprint density at radius 1 is 0.879 bits per heavy atom. The van der Waals surface area contributed by atoms with E-state index in [0.29, 0.717) is 4.88 Å². The molecule has 0 spiro atoms. The number of halogens is 3. The van der Waals surface area contributed by atoms with E-state index >= 15 is 0 Å². The third-order valence-electron chi connectivity index (χ3n) is 4.00. The molecule has 3 N–H and O–H groups in total. The average molecular weight is 479 g/mol. The minimum Gasteiger partial charge on any atom is -0.443 e. The maximum absolute atomic E-state index is 12.5. The number of para-hydroxylation sites is 2. The van der Waals surface area contributed by atoms with Crippen LogP contribution in [0.4, 0.5) is 23.7 Å². The quantitative estimate of drug-likeness (QED) is 0.453. The van der Waals surface area contributed by atoms with Crippen molar-refractivity contribution in [2.45, 2.75) is 13.0 Å². The maximum atomic E-state index is 12.5. The molecule has 3 rings (SSSR count). The van der Waals surface area contributed by atoms with Gasteiger partial charge in [0.25, 0.3) is 11.8 Å². The van der Waals surface area contributed by atoms with Gasteiger partial charge < -0.3 is 14.8 Å². The highest BCUT2D eigenvalue weighted by Crippen LogP contribution is 2.26. The molecule has 3 amide bonds. The number of ether oxygens (including phenoxy) is 2. The Hall–Kier alpha value is -4.06. The molecule has 0 bridgehead atoms. The Morgan fingerprint density at radius 2 is 1.61 bits per heavy atom. The van der Waals surface area contributed by atoms with Crippen molar-refractivity contribution < 1.29 is 37.0 Å². The predicted octanol–water partition coefficient (Wildman–Crippen LogP) is 4.47. The molecule has 12 heteroatoms. The summed E-state index contributed by atoms with van der Waals surface area (Å²) in [7, 11) is 0. The van der Waals surface area contributed by atoms with E-state index in [0.717, 1.165) is 6.07 Å². The second-order valence-corrected chi connectivity index (χ2v) is 7.24. The van der Waals surface area contributed by atoms with Gasteiger partial charge in [0.15, 0.2) is 0 Å². The van der Waals surface area contributed by atoms with E-state index in [-0.39, 0.29) is 16.8 Å². The van der Waals surface area contributed by atoms with Gasteiger partial charge in [0, 0.05) is 5.56 Å². The van der Waals surface area contributed by atoms with Gasteiger partial charge >= 0.3 is 12.5 Å². The summed E-state index contributed by atoms with van der Waals surface area (Å²) in [6.07, 6.45) is -6.02. The highest BCUT2D eigenvalue weighted by Gasteiger charge is 2.32. The average Bonchev–Trinajstić information content (AvgIpc) is 3.31. The number of rotatable bonds is 6. The van der Waals surface area contributed by atoms with Crippen molar-refractivity contribution in [2.24, 2.45) is 0 Å². The molecule has 0 fully saturated rings. The van der Waals surface area contributed by atoms with Crippen molar-refractivity contribution in [1.29, 1.82) is 0 Å². The van der Waals surface area contributed by atoms with Gasteiger partial charge in [-0.2, -0.15) is 0 Å². The van der Waals surface area contributed by atoms with Crippen LogP contribution in [0.25, 0.3) is 0 Å². The summed E-state index contributed by atoms with van der Waals surface area (Å²) >= 11 is 1.23. The van der Waals surface area contributed by atoms with Crippen molar-refractivity contribution >= 4 is 34.9 Å². The van der Waals surface area contributed by atoms with Crippen LogP contribution >= 0.6 is 11.3 Å².